The average molecular weight is 276 g/mol. The SMILES string of the molecule is CCCNc1nc(C)cc(NCCc2cccs2)n1. The van der Waals surface area contributed by atoms with Crippen LogP contribution in [-0.2, 0) is 6.42 Å². The number of hydrogen-bond acceptors (Lipinski definition) is 5. The quantitative estimate of drug-likeness (QED) is 0.814. The van der Waals surface area contributed by atoms with Gasteiger partial charge in [-0.1, -0.05) is 13.0 Å². The fourth-order valence-electron chi connectivity index (χ4n) is 1.74. The van der Waals surface area contributed by atoms with E-state index in [-0.39, 0.29) is 0 Å². The molecule has 5 heteroatoms. The summed E-state index contributed by atoms with van der Waals surface area (Å²) in [6.45, 7) is 5.91. The second-order valence-corrected chi connectivity index (χ2v) is 5.43. The van der Waals surface area contributed by atoms with Crippen LogP contribution in [0.5, 0.6) is 0 Å². The van der Waals surface area contributed by atoms with E-state index in [1.165, 1.54) is 4.88 Å². The summed E-state index contributed by atoms with van der Waals surface area (Å²) in [7, 11) is 0. The lowest BCUT2D eigenvalue weighted by molar-refractivity contribution is 0.941. The van der Waals surface area contributed by atoms with Crippen molar-refractivity contribution in [3.63, 3.8) is 0 Å². The smallest absolute Gasteiger partial charge is 0.224 e. The highest BCUT2D eigenvalue weighted by Gasteiger charge is 2.01. The summed E-state index contributed by atoms with van der Waals surface area (Å²) in [4.78, 5) is 10.2. The standard InChI is InChI=1S/C14H20N4S/c1-3-7-16-14-17-11(2)10-13(18-14)15-8-6-12-5-4-9-19-12/h4-5,9-10H,3,6-8H2,1-2H3,(H2,15,16,17,18). The molecule has 0 saturated carbocycles. The first-order chi connectivity index (χ1) is 9.28. The third kappa shape index (κ3) is 4.52. The lowest BCUT2D eigenvalue weighted by Crippen LogP contribution is -2.10. The van der Waals surface area contributed by atoms with Crippen LogP contribution in [0.2, 0.25) is 0 Å². The van der Waals surface area contributed by atoms with Crippen LogP contribution in [0.3, 0.4) is 0 Å². The third-order valence-electron chi connectivity index (χ3n) is 2.64. The van der Waals surface area contributed by atoms with Crippen LogP contribution in [0.15, 0.2) is 23.6 Å². The van der Waals surface area contributed by atoms with Crippen molar-refractivity contribution in [1.29, 1.82) is 0 Å². The molecule has 0 saturated heterocycles. The Morgan fingerprint density at radius 1 is 1.21 bits per heavy atom. The van der Waals surface area contributed by atoms with Crippen LogP contribution in [0.4, 0.5) is 11.8 Å². The number of anilines is 2. The van der Waals surface area contributed by atoms with E-state index < -0.39 is 0 Å². The summed E-state index contributed by atoms with van der Waals surface area (Å²) in [5.41, 5.74) is 0.979. The van der Waals surface area contributed by atoms with Gasteiger partial charge in [-0.15, -0.1) is 11.3 Å². The number of aryl methyl sites for hydroxylation is 1. The van der Waals surface area contributed by atoms with E-state index in [9.17, 15) is 0 Å². The average Bonchev–Trinajstić information content (AvgIpc) is 2.89. The Balaban J connectivity index is 1.90. The Morgan fingerprint density at radius 3 is 2.84 bits per heavy atom. The predicted molar refractivity (Wildman–Crippen MR) is 82.1 cm³/mol. The molecule has 0 bridgehead atoms. The molecular weight excluding hydrogens is 256 g/mol. The lowest BCUT2D eigenvalue weighted by Gasteiger charge is -2.09. The van der Waals surface area contributed by atoms with Crippen molar-refractivity contribution in [2.45, 2.75) is 26.7 Å². The molecule has 0 unspecified atom stereocenters. The van der Waals surface area contributed by atoms with Gasteiger partial charge in [0, 0.05) is 29.7 Å². The molecule has 2 heterocycles. The molecular formula is C14H20N4S. The summed E-state index contributed by atoms with van der Waals surface area (Å²) in [6, 6.07) is 6.22. The van der Waals surface area contributed by atoms with Gasteiger partial charge in [0.2, 0.25) is 5.95 Å². The van der Waals surface area contributed by atoms with Gasteiger partial charge in [-0.3, -0.25) is 0 Å². The Hall–Kier alpha value is -1.62. The highest BCUT2D eigenvalue weighted by molar-refractivity contribution is 7.09. The molecule has 0 aliphatic heterocycles. The molecule has 0 aliphatic rings. The van der Waals surface area contributed by atoms with Gasteiger partial charge >= 0.3 is 0 Å². The first-order valence-corrected chi connectivity index (χ1v) is 7.51. The van der Waals surface area contributed by atoms with Crippen LogP contribution < -0.4 is 10.6 Å². The van der Waals surface area contributed by atoms with Crippen molar-refractivity contribution in [3.8, 4) is 0 Å². The van der Waals surface area contributed by atoms with E-state index in [1.54, 1.807) is 11.3 Å². The van der Waals surface area contributed by atoms with Crippen molar-refractivity contribution in [2.24, 2.45) is 0 Å². The first kappa shape index (κ1) is 13.8. The minimum absolute atomic E-state index is 0.709. The number of thiophene rings is 1. The van der Waals surface area contributed by atoms with E-state index >= 15 is 0 Å². The molecule has 0 fully saturated rings. The molecule has 0 aliphatic carbocycles. The maximum Gasteiger partial charge on any atom is 0.224 e. The molecule has 19 heavy (non-hydrogen) atoms. The minimum Gasteiger partial charge on any atom is -0.370 e. The summed E-state index contributed by atoms with van der Waals surface area (Å²) in [5, 5.41) is 8.68. The Labute approximate surface area is 118 Å². The number of nitrogens with one attached hydrogen (secondary N) is 2. The largest absolute Gasteiger partial charge is 0.370 e. The number of hydrogen-bond donors (Lipinski definition) is 2. The molecule has 0 aromatic carbocycles. The van der Waals surface area contributed by atoms with Gasteiger partial charge in [0.25, 0.3) is 0 Å². The van der Waals surface area contributed by atoms with Crippen LogP contribution in [0.25, 0.3) is 0 Å². The topological polar surface area (TPSA) is 49.8 Å². The number of rotatable bonds is 7. The van der Waals surface area contributed by atoms with Crippen molar-refractivity contribution < 1.29 is 0 Å². The lowest BCUT2D eigenvalue weighted by atomic mass is 10.3. The van der Waals surface area contributed by atoms with Crippen molar-refractivity contribution >= 4 is 23.1 Å². The predicted octanol–water partition coefficient (Wildman–Crippen LogP) is 3.32. The van der Waals surface area contributed by atoms with E-state index in [2.05, 4.69) is 45.0 Å². The third-order valence-corrected chi connectivity index (χ3v) is 3.58. The van der Waals surface area contributed by atoms with Crippen molar-refractivity contribution in [1.82, 2.24) is 9.97 Å². The van der Waals surface area contributed by atoms with Gasteiger partial charge in [-0.05, 0) is 31.2 Å². The van der Waals surface area contributed by atoms with E-state index in [0.717, 1.165) is 37.4 Å². The van der Waals surface area contributed by atoms with Crippen LogP contribution >= 0.6 is 11.3 Å². The van der Waals surface area contributed by atoms with Gasteiger partial charge in [-0.25, -0.2) is 4.98 Å². The van der Waals surface area contributed by atoms with E-state index in [0.29, 0.717) is 5.95 Å². The Kier molecular flexibility index (Phi) is 5.15. The molecule has 0 atom stereocenters. The maximum absolute atomic E-state index is 4.46. The fourth-order valence-corrected chi connectivity index (χ4v) is 2.45. The van der Waals surface area contributed by atoms with Gasteiger partial charge < -0.3 is 10.6 Å². The summed E-state index contributed by atoms with van der Waals surface area (Å²) < 4.78 is 0. The fraction of sp³-hybridized carbons (Fsp3) is 0.429. The summed E-state index contributed by atoms with van der Waals surface area (Å²) >= 11 is 1.79. The van der Waals surface area contributed by atoms with E-state index in [1.807, 2.05) is 13.0 Å². The molecule has 2 N–H and O–H groups in total. The zero-order valence-corrected chi connectivity index (χ0v) is 12.3. The van der Waals surface area contributed by atoms with Gasteiger partial charge in [0.05, 0.1) is 0 Å². The molecule has 0 amide bonds. The Morgan fingerprint density at radius 2 is 2.11 bits per heavy atom. The number of nitrogens with zero attached hydrogens (tertiary/aromatic N) is 2. The van der Waals surface area contributed by atoms with Crippen LogP contribution in [0.1, 0.15) is 23.9 Å². The van der Waals surface area contributed by atoms with Crippen LogP contribution in [-0.4, -0.2) is 23.1 Å². The van der Waals surface area contributed by atoms with Crippen LogP contribution in [0, 0.1) is 6.92 Å². The molecule has 102 valence electrons. The molecule has 2 aromatic heterocycles. The van der Waals surface area contributed by atoms with Gasteiger partial charge in [-0.2, -0.15) is 4.98 Å². The summed E-state index contributed by atoms with van der Waals surface area (Å²) in [6.07, 6.45) is 2.09. The highest BCUT2D eigenvalue weighted by Crippen LogP contribution is 2.12. The zero-order valence-electron chi connectivity index (χ0n) is 11.4. The highest BCUT2D eigenvalue weighted by atomic mass is 32.1. The first-order valence-electron chi connectivity index (χ1n) is 6.63. The van der Waals surface area contributed by atoms with Gasteiger partial charge in [0.15, 0.2) is 0 Å². The van der Waals surface area contributed by atoms with E-state index in [4.69, 9.17) is 0 Å². The van der Waals surface area contributed by atoms with Crippen molar-refractivity contribution in [2.75, 3.05) is 23.7 Å². The Bertz CT molecular complexity index is 496. The zero-order chi connectivity index (χ0) is 13.5. The van der Waals surface area contributed by atoms with Gasteiger partial charge in [0.1, 0.15) is 5.82 Å². The molecule has 0 spiro atoms. The second kappa shape index (κ2) is 7.09. The monoisotopic (exact) mass is 276 g/mol. The van der Waals surface area contributed by atoms with Crippen molar-refractivity contribution in [3.05, 3.63) is 34.2 Å². The number of aromatic nitrogens is 2. The normalized spacial score (nSPS) is 10.4. The summed E-state index contributed by atoms with van der Waals surface area (Å²) in [5.74, 6) is 1.60. The maximum atomic E-state index is 4.46. The minimum atomic E-state index is 0.709. The molecule has 2 aromatic rings. The molecule has 0 radical (unpaired) electrons. The molecule has 4 nitrogen and oxygen atoms in total. The molecule has 2 rings (SSSR count). The second-order valence-electron chi connectivity index (χ2n) is 4.40.